The molecule has 1 aliphatic rings. The third-order valence-electron chi connectivity index (χ3n) is 5.28. The largest absolute Gasteiger partial charge is 0.350 e. The lowest BCUT2D eigenvalue weighted by Crippen LogP contribution is -2.41. The van der Waals surface area contributed by atoms with Gasteiger partial charge in [-0.3, -0.25) is 9.69 Å². The molecule has 1 aromatic carbocycles. The highest BCUT2D eigenvalue weighted by Crippen LogP contribution is 2.29. The Morgan fingerprint density at radius 3 is 2.46 bits per heavy atom. The van der Waals surface area contributed by atoms with E-state index in [-0.39, 0.29) is 16.8 Å². The molecule has 1 aliphatic heterocycles. The summed E-state index contributed by atoms with van der Waals surface area (Å²) in [5, 5.41) is 5.10. The van der Waals surface area contributed by atoms with Gasteiger partial charge in [0.2, 0.25) is 10.0 Å². The molecule has 1 amide bonds. The number of hydrogen-bond donors (Lipinski definition) is 2. The molecule has 1 unspecified atom stereocenters. The van der Waals surface area contributed by atoms with Gasteiger partial charge in [0.25, 0.3) is 5.91 Å². The molecule has 1 atom stereocenters. The molecule has 0 saturated carbocycles. The first kappa shape index (κ1) is 21.0. The average molecular weight is 422 g/mol. The summed E-state index contributed by atoms with van der Waals surface area (Å²) in [7, 11) is -2.14. The van der Waals surface area contributed by atoms with Crippen LogP contribution in [0.3, 0.4) is 0 Å². The fourth-order valence-electron chi connectivity index (χ4n) is 3.43. The number of rotatable bonds is 7. The summed E-state index contributed by atoms with van der Waals surface area (Å²) >= 11 is 1.71. The first-order valence-electron chi connectivity index (χ1n) is 9.50. The molecule has 6 nitrogen and oxygen atoms in total. The van der Waals surface area contributed by atoms with Gasteiger partial charge < -0.3 is 5.32 Å². The number of piperidine rings is 1. The number of benzene rings is 1. The number of sulfonamides is 1. The van der Waals surface area contributed by atoms with Gasteiger partial charge in [-0.05, 0) is 74.6 Å². The van der Waals surface area contributed by atoms with Gasteiger partial charge in [0.05, 0.1) is 10.9 Å². The minimum absolute atomic E-state index is 0.144. The maximum atomic E-state index is 12.6. The molecular formula is C20H27N3O3S2. The Hall–Kier alpha value is -1.74. The molecule has 0 bridgehead atoms. The van der Waals surface area contributed by atoms with Crippen LogP contribution in [0.25, 0.3) is 0 Å². The van der Waals surface area contributed by atoms with Crippen LogP contribution in [0.15, 0.2) is 46.7 Å². The molecule has 3 rings (SSSR count). The van der Waals surface area contributed by atoms with Gasteiger partial charge in [0.15, 0.2) is 0 Å². The Kier molecular flexibility index (Phi) is 6.87. The molecular weight excluding hydrogens is 394 g/mol. The van der Waals surface area contributed by atoms with Crippen LogP contribution < -0.4 is 10.0 Å². The molecule has 28 heavy (non-hydrogen) atoms. The van der Waals surface area contributed by atoms with Crippen LogP contribution in [-0.2, 0) is 10.0 Å². The third-order valence-corrected chi connectivity index (χ3v) is 7.69. The number of carbonyl (C=O) groups excluding carboxylic acids is 1. The second-order valence-corrected chi connectivity index (χ2v) is 10.1. The van der Waals surface area contributed by atoms with Crippen molar-refractivity contribution in [2.75, 3.05) is 26.7 Å². The summed E-state index contributed by atoms with van der Waals surface area (Å²) in [5.74, 6) is 0.558. The number of nitrogens with one attached hydrogen (secondary N) is 2. The molecule has 2 N–H and O–H groups in total. The van der Waals surface area contributed by atoms with Gasteiger partial charge in [-0.2, -0.15) is 0 Å². The summed E-state index contributed by atoms with van der Waals surface area (Å²) in [6, 6.07) is 10.3. The Labute approximate surface area is 171 Å². The summed E-state index contributed by atoms with van der Waals surface area (Å²) < 4.78 is 25.9. The summed E-state index contributed by atoms with van der Waals surface area (Å²) in [6.07, 6.45) is 2.36. The van der Waals surface area contributed by atoms with Crippen molar-refractivity contribution in [1.29, 1.82) is 0 Å². The predicted octanol–water partition coefficient (Wildman–Crippen LogP) is 2.86. The zero-order valence-corrected chi connectivity index (χ0v) is 17.9. The van der Waals surface area contributed by atoms with Crippen LogP contribution in [-0.4, -0.2) is 45.9 Å². The Morgan fingerprint density at radius 1 is 1.21 bits per heavy atom. The van der Waals surface area contributed by atoms with Crippen molar-refractivity contribution in [3.8, 4) is 0 Å². The Morgan fingerprint density at radius 2 is 1.89 bits per heavy atom. The van der Waals surface area contributed by atoms with Crippen LogP contribution in [0, 0.1) is 5.92 Å². The first-order valence-corrected chi connectivity index (χ1v) is 11.9. The minimum atomic E-state index is -3.50. The van der Waals surface area contributed by atoms with Crippen molar-refractivity contribution in [1.82, 2.24) is 14.9 Å². The van der Waals surface area contributed by atoms with E-state index in [0.717, 1.165) is 19.0 Å². The van der Waals surface area contributed by atoms with E-state index in [1.807, 2.05) is 6.07 Å². The Balaban J connectivity index is 1.67. The highest BCUT2D eigenvalue weighted by atomic mass is 32.2. The van der Waals surface area contributed by atoms with Gasteiger partial charge in [0.1, 0.15) is 0 Å². The standard InChI is InChI=1S/C20H27N3O3S2/c1-15-9-11-23(12-10-15)18(19-4-3-13-27-19)14-22-20(24)16-5-7-17(8-6-16)28(25,26)21-2/h3-8,13,15,18,21H,9-12,14H2,1-2H3,(H,22,24). The Bertz CT molecular complexity index is 872. The first-order chi connectivity index (χ1) is 13.4. The van der Waals surface area contributed by atoms with Crippen molar-refractivity contribution in [3.05, 3.63) is 52.2 Å². The second kappa shape index (κ2) is 9.17. The van der Waals surface area contributed by atoms with Gasteiger partial charge in [0, 0.05) is 17.0 Å². The lowest BCUT2D eigenvalue weighted by molar-refractivity contribution is 0.0915. The van der Waals surface area contributed by atoms with Crippen LogP contribution >= 0.6 is 11.3 Å². The number of likely N-dealkylation sites (tertiary alicyclic amines) is 1. The van der Waals surface area contributed by atoms with E-state index in [1.165, 1.54) is 36.9 Å². The van der Waals surface area contributed by atoms with E-state index in [1.54, 1.807) is 23.5 Å². The van der Waals surface area contributed by atoms with Crippen molar-refractivity contribution in [3.63, 3.8) is 0 Å². The highest BCUT2D eigenvalue weighted by Gasteiger charge is 2.26. The maximum Gasteiger partial charge on any atom is 0.251 e. The third kappa shape index (κ3) is 5.00. The minimum Gasteiger partial charge on any atom is -0.350 e. The van der Waals surface area contributed by atoms with Crippen molar-refractivity contribution in [2.24, 2.45) is 5.92 Å². The maximum absolute atomic E-state index is 12.6. The summed E-state index contributed by atoms with van der Waals surface area (Å²) in [6.45, 7) is 4.90. The number of hydrogen-bond acceptors (Lipinski definition) is 5. The molecule has 1 fully saturated rings. The number of carbonyl (C=O) groups is 1. The zero-order valence-electron chi connectivity index (χ0n) is 16.2. The predicted molar refractivity (Wildman–Crippen MR) is 112 cm³/mol. The fourth-order valence-corrected chi connectivity index (χ4v) is 5.02. The molecule has 2 aromatic rings. The average Bonchev–Trinajstić information content (AvgIpc) is 3.24. The molecule has 0 aliphatic carbocycles. The van der Waals surface area contributed by atoms with Gasteiger partial charge in [-0.25, -0.2) is 13.1 Å². The van der Waals surface area contributed by atoms with Crippen molar-refractivity contribution >= 4 is 27.3 Å². The highest BCUT2D eigenvalue weighted by molar-refractivity contribution is 7.89. The van der Waals surface area contributed by atoms with E-state index >= 15 is 0 Å². The van der Waals surface area contributed by atoms with Crippen LogP contribution in [0.5, 0.6) is 0 Å². The van der Waals surface area contributed by atoms with E-state index in [9.17, 15) is 13.2 Å². The smallest absolute Gasteiger partial charge is 0.251 e. The topological polar surface area (TPSA) is 78.5 Å². The fraction of sp³-hybridized carbons (Fsp3) is 0.450. The number of nitrogens with zero attached hydrogens (tertiary/aromatic N) is 1. The number of amides is 1. The van der Waals surface area contributed by atoms with Crippen LogP contribution in [0.4, 0.5) is 0 Å². The van der Waals surface area contributed by atoms with E-state index in [4.69, 9.17) is 0 Å². The molecule has 1 aromatic heterocycles. The summed E-state index contributed by atoms with van der Waals surface area (Å²) in [5.41, 5.74) is 0.451. The molecule has 1 saturated heterocycles. The van der Waals surface area contributed by atoms with Gasteiger partial charge in [-0.1, -0.05) is 13.0 Å². The van der Waals surface area contributed by atoms with Crippen LogP contribution in [0.2, 0.25) is 0 Å². The molecule has 0 radical (unpaired) electrons. The van der Waals surface area contributed by atoms with Crippen LogP contribution in [0.1, 0.15) is 41.0 Å². The van der Waals surface area contributed by atoms with Gasteiger partial charge in [-0.15, -0.1) is 11.3 Å². The van der Waals surface area contributed by atoms with Gasteiger partial charge >= 0.3 is 0 Å². The van der Waals surface area contributed by atoms with E-state index in [2.05, 4.69) is 33.3 Å². The SMILES string of the molecule is CNS(=O)(=O)c1ccc(C(=O)NCC(c2cccs2)N2CCC(C)CC2)cc1. The lowest BCUT2D eigenvalue weighted by Gasteiger charge is -2.36. The molecule has 152 valence electrons. The van der Waals surface area contributed by atoms with E-state index < -0.39 is 10.0 Å². The molecule has 2 heterocycles. The normalized spacial score (nSPS) is 17.4. The van der Waals surface area contributed by atoms with Crippen molar-refractivity contribution < 1.29 is 13.2 Å². The quantitative estimate of drug-likeness (QED) is 0.721. The number of thiophene rings is 1. The lowest BCUT2D eigenvalue weighted by atomic mass is 9.97. The zero-order chi connectivity index (χ0) is 20.1. The monoisotopic (exact) mass is 421 g/mol. The van der Waals surface area contributed by atoms with E-state index in [0.29, 0.717) is 12.1 Å². The van der Waals surface area contributed by atoms with Crippen molar-refractivity contribution in [2.45, 2.75) is 30.7 Å². The summed E-state index contributed by atoms with van der Waals surface area (Å²) in [4.78, 5) is 16.4. The second-order valence-electron chi connectivity index (χ2n) is 7.19. The molecule has 8 heteroatoms. The molecule has 0 spiro atoms.